The zero-order valence-corrected chi connectivity index (χ0v) is 6.83. The normalized spacial score (nSPS) is 9.80. The maximum atomic E-state index is 5.51. The molecular formula is C6H10N3S+. The van der Waals surface area contributed by atoms with Gasteiger partial charge in [-0.15, -0.1) is 0 Å². The molecular weight excluding hydrogens is 146 g/mol. The summed E-state index contributed by atoms with van der Waals surface area (Å²) >= 11 is 4.93. The summed E-state index contributed by atoms with van der Waals surface area (Å²) in [5.41, 5.74) is 6.58. The third-order valence-corrected chi connectivity index (χ3v) is 1.76. The van der Waals surface area contributed by atoms with Crippen molar-refractivity contribution in [2.24, 2.45) is 7.05 Å². The molecule has 0 bridgehead atoms. The SMILES string of the molecule is Cc1cc(=S)c(N)[nH+]n1C. The van der Waals surface area contributed by atoms with Gasteiger partial charge < -0.3 is 0 Å². The topological polar surface area (TPSA) is 45.1 Å². The van der Waals surface area contributed by atoms with E-state index in [1.54, 1.807) is 0 Å². The van der Waals surface area contributed by atoms with Gasteiger partial charge in [0.05, 0.1) is 5.69 Å². The molecule has 3 nitrogen and oxygen atoms in total. The van der Waals surface area contributed by atoms with Crippen molar-refractivity contribution in [2.45, 2.75) is 6.92 Å². The van der Waals surface area contributed by atoms with E-state index in [-0.39, 0.29) is 0 Å². The van der Waals surface area contributed by atoms with E-state index in [0.717, 1.165) is 5.69 Å². The van der Waals surface area contributed by atoms with Crippen LogP contribution in [0.25, 0.3) is 0 Å². The van der Waals surface area contributed by atoms with E-state index >= 15 is 0 Å². The molecule has 10 heavy (non-hydrogen) atoms. The Bertz CT molecular complexity index is 302. The fourth-order valence-corrected chi connectivity index (χ4v) is 0.904. The lowest BCUT2D eigenvalue weighted by Crippen LogP contribution is -2.25. The second-order valence-electron chi connectivity index (χ2n) is 2.23. The second-order valence-corrected chi connectivity index (χ2v) is 2.67. The molecule has 4 heteroatoms. The van der Waals surface area contributed by atoms with Crippen LogP contribution in [0.3, 0.4) is 0 Å². The highest BCUT2D eigenvalue weighted by molar-refractivity contribution is 7.71. The third-order valence-electron chi connectivity index (χ3n) is 1.42. The minimum Gasteiger partial charge on any atom is -0.284 e. The number of anilines is 1. The Kier molecular flexibility index (Phi) is 1.72. The van der Waals surface area contributed by atoms with Crippen molar-refractivity contribution in [2.75, 3.05) is 5.73 Å². The first-order chi connectivity index (χ1) is 4.61. The highest BCUT2D eigenvalue weighted by Crippen LogP contribution is 1.98. The number of hydrogen-bond acceptors (Lipinski definition) is 2. The van der Waals surface area contributed by atoms with E-state index in [1.165, 1.54) is 0 Å². The smallest absolute Gasteiger partial charge is 0.284 e. The molecule has 0 saturated heterocycles. The fourth-order valence-electron chi connectivity index (χ4n) is 0.688. The van der Waals surface area contributed by atoms with Crippen LogP contribution >= 0.6 is 12.2 Å². The van der Waals surface area contributed by atoms with Crippen molar-refractivity contribution in [3.8, 4) is 0 Å². The van der Waals surface area contributed by atoms with Crippen molar-refractivity contribution in [3.63, 3.8) is 0 Å². The Labute approximate surface area is 64.5 Å². The maximum absolute atomic E-state index is 5.51. The van der Waals surface area contributed by atoms with Crippen molar-refractivity contribution < 1.29 is 5.10 Å². The van der Waals surface area contributed by atoms with Crippen LogP contribution in [0.2, 0.25) is 0 Å². The molecule has 0 aromatic carbocycles. The Morgan fingerprint density at radius 1 is 1.70 bits per heavy atom. The molecule has 1 rings (SSSR count). The average molecular weight is 156 g/mol. The average Bonchev–Trinajstić information content (AvgIpc) is 1.84. The highest BCUT2D eigenvalue weighted by atomic mass is 32.1. The maximum Gasteiger partial charge on any atom is 0.307 e. The van der Waals surface area contributed by atoms with Crippen LogP contribution in [0, 0.1) is 11.4 Å². The van der Waals surface area contributed by atoms with E-state index in [9.17, 15) is 0 Å². The van der Waals surface area contributed by atoms with Crippen molar-refractivity contribution in [3.05, 3.63) is 16.3 Å². The van der Waals surface area contributed by atoms with Gasteiger partial charge in [0.25, 0.3) is 0 Å². The molecule has 0 fully saturated rings. The molecule has 0 radical (unpaired) electrons. The number of aromatic amines is 1. The summed E-state index contributed by atoms with van der Waals surface area (Å²) < 4.78 is 2.50. The van der Waals surface area contributed by atoms with E-state index in [1.807, 2.05) is 24.7 Å². The third kappa shape index (κ3) is 1.16. The first-order valence-corrected chi connectivity index (χ1v) is 3.37. The standard InChI is InChI=1S/C6H9N3S/c1-4-3-5(10)6(7)8-9(4)2/h3H,1-2H3,(H2,7,8)/p+1. The molecule has 0 unspecified atom stereocenters. The van der Waals surface area contributed by atoms with Gasteiger partial charge in [-0.2, -0.15) is 5.10 Å². The number of nitrogens with one attached hydrogen (secondary N) is 1. The highest BCUT2D eigenvalue weighted by Gasteiger charge is 1.98. The molecule has 0 amide bonds. The van der Waals surface area contributed by atoms with Gasteiger partial charge >= 0.3 is 5.82 Å². The largest absolute Gasteiger partial charge is 0.307 e. The number of nitrogens with zero attached hydrogens (tertiary/aromatic N) is 1. The van der Waals surface area contributed by atoms with Gasteiger partial charge in [-0.25, -0.2) is 4.68 Å². The number of nitrogen functional groups attached to an aromatic ring is 1. The lowest BCUT2D eigenvalue weighted by molar-refractivity contribution is -0.477. The van der Waals surface area contributed by atoms with E-state index in [0.29, 0.717) is 10.3 Å². The summed E-state index contributed by atoms with van der Waals surface area (Å²) in [6.07, 6.45) is 0. The lowest BCUT2D eigenvalue weighted by atomic mass is 10.4. The molecule has 0 saturated carbocycles. The quantitative estimate of drug-likeness (QED) is 0.555. The van der Waals surface area contributed by atoms with Crippen LogP contribution in [0.4, 0.5) is 5.82 Å². The molecule has 1 aromatic rings. The molecule has 1 aromatic heterocycles. The predicted octanol–water partition coefficient (Wildman–Crippen LogP) is 0.459. The van der Waals surface area contributed by atoms with Crippen molar-refractivity contribution >= 4 is 18.0 Å². The summed E-state index contributed by atoms with van der Waals surface area (Å²) in [7, 11) is 1.89. The molecule has 0 aliphatic heterocycles. The van der Waals surface area contributed by atoms with Gasteiger partial charge in [-0.05, 0) is 13.0 Å². The predicted molar refractivity (Wildman–Crippen MR) is 42.0 cm³/mol. The monoisotopic (exact) mass is 156 g/mol. The molecule has 0 spiro atoms. The van der Waals surface area contributed by atoms with Crippen molar-refractivity contribution in [1.82, 2.24) is 4.68 Å². The Morgan fingerprint density at radius 2 is 2.30 bits per heavy atom. The van der Waals surface area contributed by atoms with E-state index in [2.05, 4.69) is 5.10 Å². The fraction of sp³-hybridized carbons (Fsp3) is 0.333. The Balaban J connectivity index is 3.43. The zero-order valence-electron chi connectivity index (χ0n) is 6.01. The lowest BCUT2D eigenvalue weighted by Gasteiger charge is -1.98. The minimum absolute atomic E-state index is 0.545. The van der Waals surface area contributed by atoms with Crippen LogP contribution in [0.1, 0.15) is 5.69 Å². The van der Waals surface area contributed by atoms with Gasteiger partial charge in [0.2, 0.25) is 0 Å². The summed E-state index contributed by atoms with van der Waals surface area (Å²) in [6.45, 7) is 1.96. The van der Waals surface area contributed by atoms with Crippen LogP contribution < -0.4 is 10.8 Å². The molecule has 3 N–H and O–H groups in total. The Morgan fingerprint density at radius 3 is 2.80 bits per heavy atom. The number of H-pyrrole nitrogens is 1. The van der Waals surface area contributed by atoms with Crippen LogP contribution in [-0.4, -0.2) is 4.68 Å². The second kappa shape index (κ2) is 2.38. The molecule has 0 aliphatic carbocycles. The summed E-state index contributed by atoms with van der Waals surface area (Å²) in [4.78, 5) is 0. The zero-order chi connectivity index (χ0) is 7.72. The van der Waals surface area contributed by atoms with Crippen molar-refractivity contribution in [1.29, 1.82) is 0 Å². The first-order valence-electron chi connectivity index (χ1n) is 2.96. The number of aromatic nitrogens is 2. The summed E-state index contributed by atoms with van der Waals surface area (Å²) in [6, 6.07) is 1.86. The first kappa shape index (κ1) is 7.21. The van der Waals surface area contributed by atoms with Crippen LogP contribution in [0.5, 0.6) is 0 Å². The van der Waals surface area contributed by atoms with Crippen LogP contribution in [0.15, 0.2) is 6.07 Å². The van der Waals surface area contributed by atoms with Gasteiger partial charge in [0.1, 0.15) is 4.51 Å². The van der Waals surface area contributed by atoms with Gasteiger partial charge in [-0.1, -0.05) is 12.2 Å². The minimum atomic E-state index is 0.545. The summed E-state index contributed by atoms with van der Waals surface area (Å²) in [5.74, 6) is 0.545. The number of aryl methyl sites for hydroxylation is 2. The van der Waals surface area contributed by atoms with Gasteiger partial charge in [-0.3, -0.25) is 5.73 Å². The summed E-state index contributed by atoms with van der Waals surface area (Å²) in [5, 5.41) is 2.90. The van der Waals surface area contributed by atoms with Crippen LogP contribution in [-0.2, 0) is 7.05 Å². The van der Waals surface area contributed by atoms with E-state index < -0.39 is 0 Å². The molecule has 1 heterocycles. The number of rotatable bonds is 0. The van der Waals surface area contributed by atoms with E-state index in [4.69, 9.17) is 18.0 Å². The number of hydrogen-bond donors (Lipinski definition) is 1. The number of nitrogens with two attached hydrogens (primary N) is 1. The van der Waals surface area contributed by atoms with Gasteiger partial charge in [0, 0.05) is 7.05 Å². The molecule has 0 atom stereocenters. The Hall–Kier alpha value is -0.900. The molecule has 0 aliphatic rings. The molecule has 54 valence electrons. The van der Waals surface area contributed by atoms with Gasteiger partial charge in [0.15, 0.2) is 0 Å².